The van der Waals surface area contributed by atoms with Crippen molar-refractivity contribution in [2.75, 3.05) is 57.9 Å². The van der Waals surface area contributed by atoms with Crippen LogP contribution in [0.15, 0.2) is 35.1 Å². The Morgan fingerprint density at radius 3 is 2.65 bits per heavy atom. The zero-order chi connectivity index (χ0) is 24.1. The maximum Gasteiger partial charge on any atom is 0.230 e. The standard InChI is InChI=1S/C25H34BrN5O3/c1-17-15-21(32)23-22(17)24(29-16-28-23)30-10-12-31(13-11-30)25(33)20(7-8-27-9-14-34-2)18-3-5-19(26)6-4-18/h3-6,16-17,20-21,27,32H,7-15H2,1-2H3/t17-,20?,21-/m1/s1. The van der Waals surface area contributed by atoms with Gasteiger partial charge >= 0.3 is 0 Å². The Balaban J connectivity index is 1.42. The minimum Gasteiger partial charge on any atom is -0.387 e. The van der Waals surface area contributed by atoms with Crippen molar-refractivity contribution in [2.45, 2.75) is 37.7 Å². The number of piperazine rings is 1. The number of hydrogen-bond donors (Lipinski definition) is 2. The topological polar surface area (TPSA) is 90.8 Å². The van der Waals surface area contributed by atoms with E-state index in [9.17, 15) is 9.90 Å². The third kappa shape index (κ3) is 5.59. The van der Waals surface area contributed by atoms with E-state index in [1.54, 1.807) is 13.4 Å². The van der Waals surface area contributed by atoms with Crippen LogP contribution >= 0.6 is 15.9 Å². The van der Waals surface area contributed by atoms with E-state index < -0.39 is 6.10 Å². The molecule has 8 nitrogen and oxygen atoms in total. The molecule has 0 bridgehead atoms. The molecule has 1 aliphatic carbocycles. The number of nitrogens with one attached hydrogen (secondary N) is 1. The molecule has 2 N–H and O–H groups in total. The largest absolute Gasteiger partial charge is 0.387 e. The normalized spacial score (nSPS) is 20.9. The van der Waals surface area contributed by atoms with Gasteiger partial charge in [0.1, 0.15) is 12.1 Å². The predicted molar refractivity (Wildman–Crippen MR) is 135 cm³/mol. The number of benzene rings is 1. The third-order valence-corrected chi connectivity index (χ3v) is 7.36. The van der Waals surface area contributed by atoms with Crippen LogP contribution in [0, 0.1) is 0 Å². The first kappa shape index (κ1) is 25.0. The molecule has 2 aromatic rings. The minimum atomic E-state index is -0.515. The Bertz CT molecular complexity index is 966. The fourth-order valence-electron chi connectivity index (χ4n) is 4.99. The number of aliphatic hydroxyl groups is 1. The van der Waals surface area contributed by atoms with Crippen LogP contribution in [0.25, 0.3) is 0 Å². The first-order chi connectivity index (χ1) is 16.5. The summed E-state index contributed by atoms with van der Waals surface area (Å²) in [7, 11) is 1.69. The summed E-state index contributed by atoms with van der Waals surface area (Å²) in [5.74, 6) is 1.13. The van der Waals surface area contributed by atoms with E-state index in [2.05, 4.69) is 43.0 Å². The fraction of sp³-hybridized carbons (Fsp3) is 0.560. The van der Waals surface area contributed by atoms with E-state index in [4.69, 9.17) is 4.74 Å². The molecule has 0 spiro atoms. The lowest BCUT2D eigenvalue weighted by Crippen LogP contribution is -2.50. The summed E-state index contributed by atoms with van der Waals surface area (Å²) in [5.41, 5.74) is 2.86. The second-order valence-corrected chi connectivity index (χ2v) is 10.0. The van der Waals surface area contributed by atoms with Gasteiger partial charge in [0.25, 0.3) is 0 Å². The molecule has 34 heavy (non-hydrogen) atoms. The highest BCUT2D eigenvalue weighted by Crippen LogP contribution is 2.42. The molecular formula is C25H34BrN5O3. The lowest BCUT2D eigenvalue weighted by atomic mass is 9.93. The molecule has 184 valence electrons. The lowest BCUT2D eigenvalue weighted by molar-refractivity contribution is -0.133. The second-order valence-electron chi connectivity index (χ2n) is 9.10. The number of nitrogens with zero attached hydrogens (tertiary/aromatic N) is 4. The van der Waals surface area contributed by atoms with Crippen LogP contribution in [0.1, 0.15) is 54.5 Å². The predicted octanol–water partition coefficient (Wildman–Crippen LogP) is 2.84. The fourth-order valence-corrected chi connectivity index (χ4v) is 5.25. The van der Waals surface area contributed by atoms with Crippen molar-refractivity contribution in [1.82, 2.24) is 20.2 Å². The number of rotatable bonds is 9. The van der Waals surface area contributed by atoms with Gasteiger partial charge in [-0.2, -0.15) is 0 Å². The molecule has 1 aliphatic heterocycles. The Hall–Kier alpha value is -2.07. The molecule has 1 aromatic carbocycles. The molecule has 1 amide bonds. The van der Waals surface area contributed by atoms with Crippen LogP contribution in [0.3, 0.4) is 0 Å². The van der Waals surface area contributed by atoms with Crippen molar-refractivity contribution >= 4 is 27.7 Å². The van der Waals surface area contributed by atoms with E-state index in [1.165, 1.54) is 0 Å². The average molecular weight is 532 g/mol. The summed E-state index contributed by atoms with van der Waals surface area (Å²) in [4.78, 5) is 26.7. The highest BCUT2D eigenvalue weighted by atomic mass is 79.9. The number of ether oxygens (including phenoxy) is 1. The van der Waals surface area contributed by atoms with Gasteiger partial charge in [0.15, 0.2) is 0 Å². The van der Waals surface area contributed by atoms with Crippen molar-refractivity contribution in [1.29, 1.82) is 0 Å². The van der Waals surface area contributed by atoms with Crippen LogP contribution in [-0.4, -0.2) is 78.9 Å². The van der Waals surface area contributed by atoms with Crippen LogP contribution in [-0.2, 0) is 9.53 Å². The van der Waals surface area contributed by atoms with Crippen molar-refractivity contribution in [3.8, 4) is 0 Å². The van der Waals surface area contributed by atoms with Gasteiger partial charge in [-0.15, -0.1) is 0 Å². The average Bonchev–Trinajstić information content (AvgIpc) is 3.15. The molecule has 2 aliphatic rings. The van der Waals surface area contributed by atoms with E-state index in [0.29, 0.717) is 26.1 Å². The molecule has 4 rings (SSSR count). The molecule has 0 radical (unpaired) electrons. The smallest absolute Gasteiger partial charge is 0.230 e. The quantitative estimate of drug-likeness (QED) is 0.480. The van der Waals surface area contributed by atoms with Gasteiger partial charge in [0, 0.05) is 49.9 Å². The minimum absolute atomic E-state index is 0.173. The molecule has 3 atom stereocenters. The van der Waals surface area contributed by atoms with Gasteiger partial charge < -0.3 is 25.0 Å². The number of fused-ring (bicyclic) bond motifs is 1. The maximum absolute atomic E-state index is 13.6. The maximum atomic E-state index is 13.6. The van der Waals surface area contributed by atoms with Crippen LogP contribution < -0.4 is 10.2 Å². The Labute approximate surface area is 209 Å². The van der Waals surface area contributed by atoms with Crippen molar-refractivity contribution in [3.63, 3.8) is 0 Å². The number of hydrogen-bond acceptors (Lipinski definition) is 7. The van der Waals surface area contributed by atoms with Crippen LogP contribution in [0.5, 0.6) is 0 Å². The summed E-state index contributed by atoms with van der Waals surface area (Å²) in [6, 6.07) is 8.07. The van der Waals surface area contributed by atoms with Gasteiger partial charge in [-0.1, -0.05) is 35.0 Å². The second kappa shape index (κ2) is 11.6. The Morgan fingerprint density at radius 1 is 1.21 bits per heavy atom. The van der Waals surface area contributed by atoms with Gasteiger partial charge in [0.05, 0.1) is 24.3 Å². The number of aromatic nitrogens is 2. The number of amides is 1. The first-order valence-corrected chi connectivity index (χ1v) is 12.8. The van der Waals surface area contributed by atoms with Crippen LogP contribution in [0.4, 0.5) is 5.82 Å². The highest BCUT2D eigenvalue weighted by Gasteiger charge is 2.35. The molecule has 1 aromatic heterocycles. The molecule has 0 saturated carbocycles. The van der Waals surface area contributed by atoms with Gasteiger partial charge in [0.2, 0.25) is 5.91 Å². The molecular weight excluding hydrogens is 498 g/mol. The van der Waals surface area contributed by atoms with E-state index in [-0.39, 0.29) is 17.7 Å². The van der Waals surface area contributed by atoms with E-state index in [1.807, 2.05) is 29.2 Å². The molecule has 9 heteroatoms. The number of halogens is 1. The van der Waals surface area contributed by atoms with Crippen molar-refractivity contribution < 1.29 is 14.6 Å². The summed E-state index contributed by atoms with van der Waals surface area (Å²) in [6.07, 6.45) is 2.46. The van der Waals surface area contributed by atoms with E-state index in [0.717, 1.165) is 59.7 Å². The zero-order valence-electron chi connectivity index (χ0n) is 19.9. The molecule has 1 fully saturated rings. The molecule has 1 saturated heterocycles. The lowest BCUT2D eigenvalue weighted by Gasteiger charge is -2.38. The van der Waals surface area contributed by atoms with Gasteiger partial charge in [-0.05, 0) is 43.0 Å². The molecule has 1 unspecified atom stereocenters. The van der Waals surface area contributed by atoms with Crippen LogP contribution in [0.2, 0.25) is 0 Å². The summed E-state index contributed by atoms with van der Waals surface area (Å²) in [5, 5.41) is 13.7. The van der Waals surface area contributed by atoms with Crippen molar-refractivity contribution in [2.24, 2.45) is 0 Å². The number of carbonyl (C=O) groups is 1. The molecule has 2 heterocycles. The SMILES string of the molecule is COCCNCCC(C(=O)N1CCN(c2ncnc3c2[C@H](C)C[C@H]3O)CC1)c1ccc(Br)cc1. The first-order valence-electron chi connectivity index (χ1n) is 12.0. The number of anilines is 1. The zero-order valence-corrected chi connectivity index (χ0v) is 21.5. The highest BCUT2D eigenvalue weighted by molar-refractivity contribution is 9.10. The van der Waals surface area contributed by atoms with Gasteiger partial charge in [-0.25, -0.2) is 9.97 Å². The van der Waals surface area contributed by atoms with E-state index >= 15 is 0 Å². The number of carbonyl (C=O) groups excluding carboxylic acids is 1. The van der Waals surface area contributed by atoms with Gasteiger partial charge in [-0.3, -0.25) is 4.79 Å². The third-order valence-electron chi connectivity index (χ3n) is 6.83. The monoisotopic (exact) mass is 531 g/mol. The summed E-state index contributed by atoms with van der Waals surface area (Å²) >= 11 is 3.49. The Kier molecular flexibility index (Phi) is 8.52. The summed E-state index contributed by atoms with van der Waals surface area (Å²) < 4.78 is 6.11. The number of methoxy groups -OCH3 is 1. The Morgan fingerprint density at radius 2 is 1.94 bits per heavy atom. The van der Waals surface area contributed by atoms with Crippen molar-refractivity contribution in [3.05, 3.63) is 51.9 Å². The summed E-state index contributed by atoms with van der Waals surface area (Å²) in [6.45, 7) is 7.04. The number of aliphatic hydroxyl groups excluding tert-OH is 1.